The van der Waals surface area contributed by atoms with E-state index in [1.54, 1.807) is 0 Å². The van der Waals surface area contributed by atoms with Gasteiger partial charge in [0, 0.05) is 0 Å². The van der Waals surface area contributed by atoms with Crippen molar-refractivity contribution in [2.75, 3.05) is 0 Å². The van der Waals surface area contributed by atoms with Crippen LogP contribution < -0.4 is 0 Å². The molecule has 108 valence electrons. The Morgan fingerprint density at radius 2 is 1.65 bits per heavy atom. The lowest BCUT2D eigenvalue weighted by molar-refractivity contribution is -0.143. The maximum absolute atomic E-state index is 12.6. The summed E-state index contributed by atoms with van der Waals surface area (Å²) in [5.74, 6) is -2.06. The smallest absolute Gasteiger partial charge is 0.419 e. The van der Waals surface area contributed by atoms with Crippen LogP contribution in [0.25, 0.3) is 11.5 Å². The second kappa shape index (κ2) is 4.39. The summed E-state index contributed by atoms with van der Waals surface area (Å²) in [6.45, 7) is 0. The van der Waals surface area contributed by atoms with Crippen LogP contribution >= 0.6 is 0 Å². The first kappa shape index (κ1) is 14.2. The number of aromatic hydroxyl groups is 1. The van der Waals surface area contributed by atoms with Crippen molar-refractivity contribution in [1.82, 2.24) is 10.2 Å². The van der Waals surface area contributed by atoms with E-state index < -0.39 is 40.7 Å². The minimum absolute atomic E-state index is 0.185. The Morgan fingerprint density at radius 1 is 1.00 bits per heavy atom. The van der Waals surface area contributed by atoms with E-state index in [0.29, 0.717) is 12.5 Å². The predicted octanol–water partition coefficient (Wildman–Crippen LogP) is 3.48. The molecule has 1 aromatic heterocycles. The molecule has 0 saturated heterocycles. The van der Waals surface area contributed by atoms with Crippen molar-refractivity contribution in [1.29, 1.82) is 0 Å². The maximum atomic E-state index is 12.6. The van der Waals surface area contributed by atoms with Crippen LogP contribution in [0.2, 0.25) is 0 Å². The van der Waals surface area contributed by atoms with Gasteiger partial charge in [-0.25, -0.2) is 0 Å². The summed E-state index contributed by atoms with van der Waals surface area (Å²) in [6, 6.07) is 0.118. The van der Waals surface area contributed by atoms with E-state index in [1.807, 2.05) is 0 Å². The molecule has 0 aliphatic carbocycles. The number of phenols is 1. The van der Waals surface area contributed by atoms with Crippen molar-refractivity contribution in [3.05, 3.63) is 29.7 Å². The van der Waals surface area contributed by atoms with Crippen LogP contribution in [0.3, 0.4) is 0 Å². The molecular formula is C10H4F6N2O2. The molecule has 2 rings (SSSR count). The van der Waals surface area contributed by atoms with E-state index in [9.17, 15) is 31.4 Å². The van der Waals surface area contributed by atoms with Gasteiger partial charge >= 0.3 is 12.4 Å². The number of hydrogen-bond acceptors (Lipinski definition) is 4. The van der Waals surface area contributed by atoms with Crippen molar-refractivity contribution in [3.63, 3.8) is 0 Å². The molecule has 0 spiro atoms. The Labute approximate surface area is 106 Å². The molecule has 0 aliphatic rings. The first-order valence-electron chi connectivity index (χ1n) is 4.88. The minimum Gasteiger partial charge on any atom is -0.506 e. The molecule has 10 heteroatoms. The summed E-state index contributed by atoms with van der Waals surface area (Å²) in [5, 5.41) is 15.8. The standard InChI is InChI=1S/C10H4F6N2O2/c11-9(12,13)4-1-5(8-18-17-3-20-8)7(19)6(2-4)10(14,15)16/h1-3,19H. The fraction of sp³-hybridized carbons (Fsp3) is 0.200. The van der Waals surface area contributed by atoms with Crippen molar-refractivity contribution >= 4 is 0 Å². The Morgan fingerprint density at radius 3 is 2.10 bits per heavy atom. The van der Waals surface area contributed by atoms with Crippen molar-refractivity contribution in [2.24, 2.45) is 0 Å². The monoisotopic (exact) mass is 298 g/mol. The molecule has 0 atom stereocenters. The molecule has 0 saturated carbocycles. The number of hydrogen-bond donors (Lipinski definition) is 1. The third-order valence-corrected chi connectivity index (χ3v) is 2.33. The molecule has 0 unspecified atom stereocenters. The van der Waals surface area contributed by atoms with Gasteiger partial charge < -0.3 is 9.52 Å². The van der Waals surface area contributed by atoms with Gasteiger partial charge in [0.25, 0.3) is 5.89 Å². The van der Waals surface area contributed by atoms with Crippen LogP contribution in [0.1, 0.15) is 11.1 Å². The van der Waals surface area contributed by atoms with E-state index in [2.05, 4.69) is 14.6 Å². The summed E-state index contributed by atoms with van der Waals surface area (Å²) < 4.78 is 80.2. The second-order valence-corrected chi connectivity index (χ2v) is 3.66. The lowest BCUT2D eigenvalue weighted by Crippen LogP contribution is -2.11. The zero-order chi connectivity index (χ0) is 15.1. The van der Waals surface area contributed by atoms with Gasteiger partial charge in [0.15, 0.2) is 0 Å². The lowest BCUT2D eigenvalue weighted by atomic mass is 10.0. The summed E-state index contributed by atoms with van der Waals surface area (Å²) >= 11 is 0. The maximum Gasteiger partial charge on any atom is 0.419 e. The molecule has 20 heavy (non-hydrogen) atoms. The minimum atomic E-state index is -5.17. The fourth-order valence-electron chi connectivity index (χ4n) is 1.47. The number of alkyl halides is 6. The molecule has 0 amide bonds. The first-order chi connectivity index (χ1) is 9.10. The molecular weight excluding hydrogens is 294 g/mol. The van der Waals surface area contributed by atoms with Gasteiger partial charge in [-0.3, -0.25) is 0 Å². The molecule has 2 aromatic rings. The van der Waals surface area contributed by atoms with E-state index >= 15 is 0 Å². The number of phenolic OH excluding ortho intramolecular Hbond substituents is 1. The van der Waals surface area contributed by atoms with E-state index in [-0.39, 0.29) is 6.07 Å². The zero-order valence-corrected chi connectivity index (χ0v) is 9.25. The molecule has 1 heterocycles. The summed E-state index contributed by atoms with van der Waals surface area (Å²) in [6.07, 6.45) is -9.48. The van der Waals surface area contributed by atoms with Gasteiger partial charge in [-0.1, -0.05) is 0 Å². The number of rotatable bonds is 1. The van der Waals surface area contributed by atoms with E-state index in [0.717, 1.165) is 0 Å². The third kappa shape index (κ3) is 2.53. The van der Waals surface area contributed by atoms with Crippen molar-refractivity contribution < 1.29 is 35.9 Å². The SMILES string of the molecule is Oc1c(-c2nnco2)cc(C(F)(F)F)cc1C(F)(F)F. The van der Waals surface area contributed by atoms with Gasteiger partial charge in [-0.15, -0.1) is 10.2 Å². The predicted molar refractivity (Wildman–Crippen MR) is 51.4 cm³/mol. The van der Waals surface area contributed by atoms with Crippen LogP contribution in [0.5, 0.6) is 5.75 Å². The number of nitrogens with zero attached hydrogens (tertiary/aromatic N) is 2. The zero-order valence-electron chi connectivity index (χ0n) is 9.25. The summed E-state index contributed by atoms with van der Waals surface area (Å²) in [5.41, 5.74) is -4.26. The molecule has 0 fully saturated rings. The molecule has 1 N–H and O–H groups in total. The molecule has 0 radical (unpaired) electrons. The fourth-order valence-corrected chi connectivity index (χ4v) is 1.47. The van der Waals surface area contributed by atoms with Gasteiger partial charge in [0.1, 0.15) is 5.75 Å². The van der Waals surface area contributed by atoms with Crippen LogP contribution in [-0.4, -0.2) is 15.3 Å². The van der Waals surface area contributed by atoms with Crippen molar-refractivity contribution in [2.45, 2.75) is 12.4 Å². The Kier molecular flexibility index (Phi) is 3.11. The van der Waals surface area contributed by atoms with Crippen molar-refractivity contribution in [3.8, 4) is 17.2 Å². The highest BCUT2D eigenvalue weighted by atomic mass is 19.4. The van der Waals surface area contributed by atoms with Crippen LogP contribution in [0.4, 0.5) is 26.3 Å². The third-order valence-electron chi connectivity index (χ3n) is 2.33. The molecule has 4 nitrogen and oxygen atoms in total. The molecule has 0 bridgehead atoms. The Bertz CT molecular complexity index is 618. The summed E-state index contributed by atoms with van der Waals surface area (Å²) in [4.78, 5) is 0. The Hall–Kier alpha value is -2.26. The van der Waals surface area contributed by atoms with Gasteiger partial charge in [0.2, 0.25) is 6.39 Å². The first-order valence-corrected chi connectivity index (χ1v) is 4.88. The number of benzene rings is 1. The average Bonchev–Trinajstić information content (AvgIpc) is 2.79. The van der Waals surface area contributed by atoms with Crippen LogP contribution in [0, 0.1) is 0 Å². The molecule has 0 aliphatic heterocycles. The topological polar surface area (TPSA) is 59.2 Å². The Balaban J connectivity index is 2.75. The highest BCUT2D eigenvalue weighted by Gasteiger charge is 2.40. The number of halogens is 6. The van der Waals surface area contributed by atoms with E-state index in [4.69, 9.17) is 0 Å². The van der Waals surface area contributed by atoms with Crippen LogP contribution in [-0.2, 0) is 12.4 Å². The quantitative estimate of drug-likeness (QED) is 0.819. The van der Waals surface area contributed by atoms with E-state index in [1.165, 1.54) is 0 Å². The van der Waals surface area contributed by atoms with Crippen LogP contribution in [0.15, 0.2) is 22.9 Å². The number of aromatic nitrogens is 2. The average molecular weight is 298 g/mol. The highest BCUT2D eigenvalue weighted by molar-refractivity contribution is 5.66. The lowest BCUT2D eigenvalue weighted by Gasteiger charge is -2.15. The molecule has 1 aromatic carbocycles. The van der Waals surface area contributed by atoms with Gasteiger partial charge in [0.05, 0.1) is 16.7 Å². The normalized spacial score (nSPS) is 12.7. The largest absolute Gasteiger partial charge is 0.506 e. The summed E-state index contributed by atoms with van der Waals surface area (Å²) in [7, 11) is 0. The second-order valence-electron chi connectivity index (χ2n) is 3.66. The van der Waals surface area contributed by atoms with Gasteiger partial charge in [-0.2, -0.15) is 26.3 Å². The highest BCUT2D eigenvalue weighted by Crippen LogP contribution is 2.44. The van der Waals surface area contributed by atoms with Gasteiger partial charge in [-0.05, 0) is 12.1 Å².